The average Bonchev–Trinajstić information content (AvgIpc) is 3.53. The van der Waals surface area contributed by atoms with Crippen LogP contribution in [0.15, 0.2) is 6.20 Å². The summed E-state index contributed by atoms with van der Waals surface area (Å²) in [5.41, 5.74) is 1.19. The van der Waals surface area contributed by atoms with Crippen LogP contribution in [0.1, 0.15) is 61.9 Å². The normalized spacial score (nSPS) is 38.6. The monoisotopic (exact) mass is 385 g/mol. The summed E-state index contributed by atoms with van der Waals surface area (Å²) in [6, 6.07) is 0. The zero-order valence-electron chi connectivity index (χ0n) is 16.3. The molecule has 0 N–H and O–H groups in total. The fourth-order valence-electron chi connectivity index (χ4n) is 7.06. The van der Waals surface area contributed by atoms with Gasteiger partial charge in [-0.1, -0.05) is 5.21 Å². The summed E-state index contributed by atoms with van der Waals surface area (Å²) in [4.78, 5) is 24.5. The van der Waals surface area contributed by atoms with Crippen LogP contribution in [0.5, 0.6) is 0 Å². The van der Waals surface area contributed by atoms with E-state index in [2.05, 4.69) is 10.3 Å². The van der Waals surface area contributed by atoms with E-state index in [1.54, 1.807) is 10.9 Å². The quantitative estimate of drug-likeness (QED) is 0.744. The Bertz CT molecular complexity index is 840. The molecule has 5 aliphatic rings. The van der Waals surface area contributed by atoms with Gasteiger partial charge in [-0.05, 0) is 68.1 Å². The second kappa shape index (κ2) is 5.57. The molecule has 1 aliphatic heterocycles. The van der Waals surface area contributed by atoms with Gasteiger partial charge in [-0.2, -0.15) is 0 Å². The molecule has 7 heteroatoms. The molecule has 4 saturated carbocycles. The van der Waals surface area contributed by atoms with E-state index < -0.39 is 5.97 Å². The molecule has 4 aliphatic carbocycles. The van der Waals surface area contributed by atoms with Crippen molar-refractivity contribution in [1.82, 2.24) is 15.0 Å². The standard InChI is InChI=1S/C21H27N3O4/c1-27-19(26)15-11-24(23-22-15)10-13-12-2-4-20(6-7-20)14-3-5-21(8-9-21)16(14)17(12)28-18(13)25/h11-14,16-17H,2-10H2,1H3/t12-,13-,14+,16-,17-/m0/s1. The molecule has 0 bridgehead atoms. The van der Waals surface area contributed by atoms with E-state index in [0.717, 1.165) is 12.3 Å². The smallest absolute Gasteiger partial charge is 0.360 e. The van der Waals surface area contributed by atoms with E-state index >= 15 is 0 Å². The number of carbonyl (C=O) groups is 2. The van der Waals surface area contributed by atoms with Crippen molar-refractivity contribution in [1.29, 1.82) is 0 Å². The number of aromatic nitrogens is 3. The van der Waals surface area contributed by atoms with Crippen LogP contribution in [0.4, 0.5) is 0 Å². The molecule has 1 aromatic heterocycles. The number of hydrogen-bond acceptors (Lipinski definition) is 6. The van der Waals surface area contributed by atoms with Gasteiger partial charge in [-0.15, -0.1) is 5.10 Å². The van der Waals surface area contributed by atoms with Crippen molar-refractivity contribution in [3.05, 3.63) is 11.9 Å². The van der Waals surface area contributed by atoms with Crippen molar-refractivity contribution in [3.8, 4) is 0 Å². The molecule has 5 fully saturated rings. The molecule has 2 heterocycles. The lowest BCUT2D eigenvalue weighted by Gasteiger charge is -2.33. The molecule has 150 valence electrons. The van der Waals surface area contributed by atoms with Gasteiger partial charge >= 0.3 is 11.9 Å². The van der Waals surface area contributed by atoms with E-state index in [9.17, 15) is 9.59 Å². The summed E-state index contributed by atoms with van der Waals surface area (Å²) < 4.78 is 12.4. The van der Waals surface area contributed by atoms with Crippen LogP contribution in [0.3, 0.4) is 0 Å². The zero-order valence-corrected chi connectivity index (χ0v) is 16.3. The van der Waals surface area contributed by atoms with Gasteiger partial charge in [0.15, 0.2) is 5.69 Å². The Kier molecular flexibility index (Phi) is 3.38. The molecule has 5 atom stereocenters. The minimum Gasteiger partial charge on any atom is -0.464 e. The van der Waals surface area contributed by atoms with Crippen molar-refractivity contribution in [2.75, 3.05) is 7.11 Å². The Hall–Kier alpha value is -1.92. The van der Waals surface area contributed by atoms with Crippen molar-refractivity contribution < 1.29 is 19.1 Å². The number of fused-ring (bicyclic) bond motifs is 5. The number of ether oxygens (including phenoxy) is 2. The zero-order chi connectivity index (χ0) is 19.1. The van der Waals surface area contributed by atoms with Crippen LogP contribution in [-0.4, -0.2) is 40.1 Å². The van der Waals surface area contributed by atoms with Crippen LogP contribution in [0.25, 0.3) is 0 Å². The molecule has 7 nitrogen and oxygen atoms in total. The minimum absolute atomic E-state index is 0.0797. The van der Waals surface area contributed by atoms with Crippen molar-refractivity contribution in [3.63, 3.8) is 0 Å². The highest BCUT2D eigenvalue weighted by Gasteiger charge is 2.69. The fourth-order valence-corrected chi connectivity index (χ4v) is 7.06. The van der Waals surface area contributed by atoms with Gasteiger partial charge < -0.3 is 9.47 Å². The average molecular weight is 385 g/mol. The van der Waals surface area contributed by atoms with Crippen LogP contribution >= 0.6 is 0 Å². The molecule has 0 unspecified atom stereocenters. The first-order valence-electron chi connectivity index (χ1n) is 10.7. The molecule has 0 radical (unpaired) electrons. The molecule has 1 aromatic rings. The van der Waals surface area contributed by atoms with Gasteiger partial charge in [-0.3, -0.25) is 9.48 Å². The summed E-state index contributed by atoms with van der Waals surface area (Å²) in [6.07, 6.45) is 12.0. The van der Waals surface area contributed by atoms with E-state index in [1.807, 2.05) is 0 Å². The molecular weight excluding hydrogens is 358 g/mol. The third kappa shape index (κ3) is 2.28. The lowest BCUT2D eigenvalue weighted by molar-refractivity contribution is -0.148. The second-order valence-corrected chi connectivity index (χ2v) is 9.92. The Morgan fingerprint density at radius 3 is 2.68 bits per heavy atom. The first kappa shape index (κ1) is 17.0. The number of nitrogens with zero attached hydrogens (tertiary/aromatic N) is 3. The van der Waals surface area contributed by atoms with Crippen LogP contribution < -0.4 is 0 Å². The largest absolute Gasteiger partial charge is 0.464 e. The number of hydrogen-bond donors (Lipinski definition) is 0. The Morgan fingerprint density at radius 1 is 1.21 bits per heavy atom. The molecule has 0 amide bonds. The molecular formula is C21H27N3O4. The van der Waals surface area contributed by atoms with E-state index in [-0.39, 0.29) is 29.6 Å². The fraction of sp³-hybridized carbons (Fsp3) is 0.810. The SMILES string of the molecule is COC(=O)c1cn(C[C@@H]2C(=O)O[C@H]3[C@H]2CCC2(CC2)[C@@H]2CCC4(CC4)[C@H]32)nn1. The maximum atomic E-state index is 12.9. The first-order chi connectivity index (χ1) is 13.6. The van der Waals surface area contributed by atoms with Crippen LogP contribution in [0.2, 0.25) is 0 Å². The maximum Gasteiger partial charge on any atom is 0.360 e. The molecule has 6 rings (SSSR count). The summed E-state index contributed by atoms with van der Waals surface area (Å²) in [6.45, 7) is 0.432. The van der Waals surface area contributed by atoms with Gasteiger partial charge in [0.2, 0.25) is 0 Å². The second-order valence-electron chi connectivity index (χ2n) is 9.92. The van der Waals surface area contributed by atoms with Crippen LogP contribution in [-0.2, 0) is 20.8 Å². The molecule has 2 spiro atoms. The molecule has 1 saturated heterocycles. The van der Waals surface area contributed by atoms with Gasteiger partial charge in [0.25, 0.3) is 0 Å². The van der Waals surface area contributed by atoms with E-state index in [1.165, 1.54) is 52.1 Å². The summed E-state index contributed by atoms with van der Waals surface area (Å²) in [7, 11) is 1.32. The number of carbonyl (C=O) groups excluding carboxylic acids is 2. The van der Waals surface area contributed by atoms with Gasteiger partial charge in [0.1, 0.15) is 6.10 Å². The van der Waals surface area contributed by atoms with E-state index in [4.69, 9.17) is 9.47 Å². The van der Waals surface area contributed by atoms with Gasteiger partial charge in [-0.25, -0.2) is 4.79 Å². The number of methoxy groups -OCH3 is 1. The highest BCUT2D eigenvalue weighted by atomic mass is 16.6. The summed E-state index contributed by atoms with van der Waals surface area (Å²) >= 11 is 0. The topological polar surface area (TPSA) is 83.3 Å². The van der Waals surface area contributed by atoms with Crippen molar-refractivity contribution in [2.24, 2.45) is 34.5 Å². The van der Waals surface area contributed by atoms with Crippen molar-refractivity contribution >= 4 is 11.9 Å². The van der Waals surface area contributed by atoms with E-state index in [0.29, 0.717) is 23.3 Å². The lowest BCUT2D eigenvalue weighted by atomic mass is 9.73. The van der Waals surface area contributed by atoms with Gasteiger partial charge in [0, 0.05) is 11.8 Å². The predicted molar refractivity (Wildman–Crippen MR) is 97.0 cm³/mol. The predicted octanol–water partition coefficient (Wildman–Crippen LogP) is 2.60. The Balaban J connectivity index is 1.28. The maximum absolute atomic E-state index is 12.9. The van der Waals surface area contributed by atoms with Crippen molar-refractivity contribution in [2.45, 2.75) is 64.0 Å². The number of rotatable bonds is 3. The Morgan fingerprint density at radius 2 is 1.96 bits per heavy atom. The highest BCUT2D eigenvalue weighted by molar-refractivity contribution is 5.86. The first-order valence-corrected chi connectivity index (χ1v) is 10.7. The molecule has 28 heavy (non-hydrogen) atoms. The Labute approximate surface area is 164 Å². The highest BCUT2D eigenvalue weighted by Crippen LogP contribution is 2.75. The van der Waals surface area contributed by atoms with Crippen LogP contribution in [0, 0.1) is 34.5 Å². The summed E-state index contributed by atoms with van der Waals surface area (Å²) in [5.74, 6) is 0.808. The number of esters is 2. The lowest BCUT2D eigenvalue weighted by Crippen LogP contribution is -2.35. The van der Waals surface area contributed by atoms with Gasteiger partial charge in [0.05, 0.1) is 25.8 Å². The third-order valence-corrected chi connectivity index (χ3v) is 8.81. The third-order valence-electron chi connectivity index (χ3n) is 8.81. The minimum atomic E-state index is -0.507. The molecule has 0 aromatic carbocycles. The summed E-state index contributed by atoms with van der Waals surface area (Å²) in [5, 5.41) is 7.93.